The van der Waals surface area contributed by atoms with Crippen LogP contribution >= 0.6 is 0 Å². The van der Waals surface area contributed by atoms with E-state index in [4.69, 9.17) is 4.74 Å². The van der Waals surface area contributed by atoms with Crippen molar-refractivity contribution in [3.05, 3.63) is 65.7 Å². The van der Waals surface area contributed by atoms with Crippen LogP contribution < -0.4 is 5.32 Å². The fourth-order valence-electron chi connectivity index (χ4n) is 2.09. The molecule has 1 amide bonds. The number of carbonyl (C=O) groups excluding carboxylic acids is 2. The Labute approximate surface area is 146 Å². The minimum absolute atomic E-state index is 0.114. The molecule has 0 aliphatic carbocycles. The fourth-order valence-corrected chi connectivity index (χ4v) is 2.73. The van der Waals surface area contributed by atoms with E-state index in [0.717, 1.165) is 11.8 Å². The Balaban J connectivity index is 1.76. The molecule has 0 saturated carbocycles. The number of rotatable bonds is 7. The highest BCUT2D eigenvalue weighted by Gasteiger charge is 2.12. The third kappa shape index (κ3) is 6.04. The summed E-state index contributed by atoms with van der Waals surface area (Å²) in [5.41, 5.74) is 1.29. The third-order valence-corrected chi connectivity index (χ3v) is 4.56. The number of hydrogen-bond acceptors (Lipinski definition) is 5. The molecule has 0 aliphatic rings. The molecule has 0 heterocycles. The average Bonchev–Trinajstić information content (AvgIpc) is 2.60. The van der Waals surface area contributed by atoms with Crippen molar-refractivity contribution in [2.45, 2.75) is 11.3 Å². The lowest BCUT2D eigenvalue weighted by atomic mass is 10.1. The Morgan fingerprint density at radius 2 is 1.64 bits per heavy atom. The van der Waals surface area contributed by atoms with Crippen molar-refractivity contribution in [1.29, 1.82) is 0 Å². The van der Waals surface area contributed by atoms with Gasteiger partial charge in [0.2, 0.25) is 0 Å². The van der Waals surface area contributed by atoms with Gasteiger partial charge in [-0.15, -0.1) is 0 Å². The zero-order chi connectivity index (χ0) is 18.3. The van der Waals surface area contributed by atoms with E-state index in [0.29, 0.717) is 13.0 Å². The minimum Gasteiger partial charge on any atom is -0.452 e. The molecule has 0 bridgehead atoms. The number of ether oxygens (including phenoxy) is 1. The first-order valence-corrected chi connectivity index (χ1v) is 9.53. The van der Waals surface area contributed by atoms with Crippen LogP contribution in [0.2, 0.25) is 0 Å². The molecular formula is C18H19NO5S. The first-order valence-electron chi connectivity index (χ1n) is 7.64. The molecule has 2 aromatic rings. The number of esters is 1. The molecule has 7 heteroatoms. The lowest BCUT2D eigenvalue weighted by Crippen LogP contribution is -2.30. The van der Waals surface area contributed by atoms with Crippen molar-refractivity contribution >= 4 is 21.7 Å². The van der Waals surface area contributed by atoms with Gasteiger partial charge in [0.25, 0.3) is 5.91 Å². The van der Waals surface area contributed by atoms with E-state index in [9.17, 15) is 18.0 Å². The normalized spacial score (nSPS) is 10.9. The zero-order valence-electron chi connectivity index (χ0n) is 13.8. The number of amides is 1. The Morgan fingerprint density at radius 3 is 2.24 bits per heavy atom. The molecule has 2 rings (SSSR count). The van der Waals surface area contributed by atoms with Crippen LogP contribution in [0, 0.1) is 0 Å². The van der Waals surface area contributed by atoms with E-state index in [2.05, 4.69) is 5.32 Å². The molecule has 0 radical (unpaired) electrons. The van der Waals surface area contributed by atoms with E-state index >= 15 is 0 Å². The maximum Gasteiger partial charge on any atom is 0.338 e. The highest BCUT2D eigenvalue weighted by atomic mass is 32.2. The molecule has 0 atom stereocenters. The molecule has 0 spiro atoms. The number of nitrogens with one attached hydrogen (secondary N) is 1. The Bertz CT molecular complexity index is 830. The Hall–Kier alpha value is -2.67. The van der Waals surface area contributed by atoms with Crippen LogP contribution in [0.5, 0.6) is 0 Å². The monoisotopic (exact) mass is 361 g/mol. The minimum atomic E-state index is -3.32. The molecule has 0 unspecified atom stereocenters. The van der Waals surface area contributed by atoms with Gasteiger partial charge in [-0.05, 0) is 36.2 Å². The lowest BCUT2D eigenvalue weighted by molar-refractivity contribution is -0.124. The van der Waals surface area contributed by atoms with E-state index in [1.807, 2.05) is 30.3 Å². The van der Waals surface area contributed by atoms with Gasteiger partial charge in [0, 0.05) is 12.8 Å². The summed E-state index contributed by atoms with van der Waals surface area (Å²) in [6, 6.07) is 15.1. The van der Waals surface area contributed by atoms with Crippen molar-refractivity contribution < 1.29 is 22.7 Å². The van der Waals surface area contributed by atoms with Crippen molar-refractivity contribution in [1.82, 2.24) is 5.32 Å². The second kappa shape index (κ2) is 8.43. The quantitative estimate of drug-likeness (QED) is 0.757. The topological polar surface area (TPSA) is 89.5 Å². The molecule has 1 N–H and O–H groups in total. The number of sulfone groups is 1. The summed E-state index contributed by atoms with van der Waals surface area (Å²) in [7, 11) is -3.32. The lowest BCUT2D eigenvalue weighted by Gasteiger charge is -2.07. The number of benzene rings is 2. The van der Waals surface area contributed by atoms with Crippen LogP contribution in [0.25, 0.3) is 0 Å². The molecule has 0 aliphatic heterocycles. The summed E-state index contributed by atoms with van der Waals surface area (Å²) in [6.07, 6.45) is 1.77. The highest BCUT2D eigenvalue weighted by Crippen LogP contribution is 2.11. The molecular weight excluding hydrogens is 342 g/mol. The van der Waals surface area contributed by atoms with Gasteiger partial charge in [-0.2, -0.15) is 0 Å². The maximum atomic E-state index is 11.9. The summed E-state index contributed by atoms with van der Waals surface area (Å²) in [6.45, 7) is 0.0604. The van der Waals surface area contributed by atoms with Crippen LogP contribution in [0.1, 0.15) is 15.9 Å². The molecule has 0 aromatic heterocycles. The van der Waals surface area contributed by atoms with Crippen molar-refractivity contribution in [2.75, 3.05) is 19.4 Å². The van der Waals surface area contributed by atoms with E-state index in [1.165, 1.54) is 24.3 Å². The SMILES string of the molecule is CS(=O)(=O)c1ccc(C(=O)OCC(=O)NCCc2ccccc2)cc1. The predicted molar refractivity (Wildman–Crippen MR) is 93.0 cm³/mol. The van der Waals surface area contributed by atoms with Crippen molar-refractivity contribution in [3.8, 4) is 0 Å². The van der Waals surface area contributed by atoms with Crippen molar-refractivity contribution in [2.24, 2.45) is 0 Å². The second-order valence-corrected chi connectivity index (χ2v) is 7.47. The van der Waals surface area contributed by atoms with E-state index in [1.54, 1.807) is 0 Å². The van der Waals surface area contributed by atoms with E-state index < -0.39 is 21.7 Å². The summed E-state index contributed by atoms with van der Waals surface area (Å²) < 4.78 is 27.6. The molecule has 6 nitrogen and oxygen atoms in total. The summed E-state index contributed by atoms with van der Waals surface area (Å²) in [4.78, 5) is 23.7. The van der Waals surface area contributed by atoms with Gasteiger partial charge in [0.05, 0.1) is 10.5 Å². The molecule has 25 heavy (non-hydrogen) atoms. The van der Waals surface area contributed by atoms with E-state index in [-0.39, 0.29) is 17.1 Å². The molecule has 0 saturated heterocycles. The van der Waals surface area contributed by atoms with Gasteiger partial charge >= 0.3 is 5.97 Å². The van der Waals surface area contributed by atoms with Crippen molar-refractivity contribution in [3.63, 3.8) is 0 Å². The standard InChI is InChI=1S/C18H19NO5S/c1-25(22,23)16-9-7-15(8-10-16)18(21)24-13-17(20)19-12-11-14-5-3-2-4-6-14/h2-10H,11-13H2,1H3,(H,19,20). The molecule has 2 aromatic carbocycles. The van der Waals surface area contributed by atoms with Crippen LogP contribution in [-0.4, -0.2) is 39.7 Å². The first kappa shape index (κ1) is 18.7. The number of hydrogen-bond donors (Lipinski definition) is 1. The zero-order valence-corrected chi connectivity index (χ0v) is 14.6. The van der Waals surface area contributed by atoms with Gasteiger partial charge in [-0.25, -0.2) is 13.2 Å². The third-order valence-electron chi connectivity index (χ3n) is 3.43. The predicted octanol–water partition coefficient (Wildman–Crippen LogP) is 1.61. The average molecular weight is 361 g/mol. The molecule has 132 valence electrons. The fraction of sp³-hybridized carbons (Fsp3) is 0.222. The first-order chi connectivity index (χ1) is 11.9. The summed E-state index contributed by atoms with van der Waals surface area (Å²) in [5, 5.41) is 2.67. The highest BCUT2D eigenvalue weighted by molar-refractivity contribution is 7.90. The number of carbonyl (C=O) groups is 2. The summed E-state index contributed by atoms with van der Waals surface area (Å²) in [5.74, 6) is -1.07. The van der Waals surface area contributed by atoms with Crippen LogP contribution in [0.15, 0.2) is 59.5 Å². The van der Waals surface area contributed by atoms with Gasteiger partial charge < -0.3 is 10.1 Å². The molecule has 0 fully saturated rings. The van der Waals surface area contributed by atoms with Crippen LogP contribution in [-0.2, 0) is 25.8 Å². The Morgan fingerprint density at radius 1 is 1.00 bits per heavy atom. The van der Waals surface area contributed by atoms with Crippen LogP contribution in [0.4, 0.5) is 0 Å². The van der Waals surface area contributed by atoms with Gasteiger partial charge in [-0.3, -0.25) is 4.79 Å². The Kier molecular flexibility index (Phi) is 6.30. The largest absolute Gasteiger partial charge is 0.452 e. The van der Waals surface area contributed by atoms with Crippen LogP contribution in [0.3, 0.4) is 0 Å². The second-order valence-electron chi connectivity index (χ2n) is 5.46. The maximum absolute atomic E-state index is 11.9. The van der Waals surface area contributed by atoms with Gasteiger partial charge in [0.1, 0.15) is 0 Å². The van der Waals surface area contributed by atoms with Gasteiger partial charge in [-0.1, -0.05) is 30.3 Å². The summed E-state index contributed by atoms with van der Waals surface area (Å²) >= 11 is 0. The smallest absolute Gasteiger partial charge is 0.338 e. The van der Waals surface area contributed by atoms with Gasteiger partial charge in [0.15, 0.2) is 16.4 Å².